The second kappa shape index (κ2) is 4.87. The highest BCUT2D eigenvalue weighted by Gasteiger charge is 2.35. The monoisotopic (exact) mass is 299 g/mol. The molecule has 0 heterocycles. The number of hydrogen-bond acceptors (Lipinski definition) is 2. The molecular weight excluding hydrogens is 286 g/mol. The largest absolute Gasteiger partial charge is 0.480 e. The first kappa shape index (κ1) is 13.7. The Morgan fingerprint density at radius 3 is 2.29 bits per heavy atom. The molecule has 0 aliphatic heterocycles. The lowest BCUT2D eigenvalue weighted by atomic mass is 10.0. The Labute approximate surface area is 108 Å². The zero-order valence-electron chi connectivity index (χ0n) is 9.90. The van der Waals surface area contributed by atoms with E-state index in [0.717, 1.165) is 0 Å². The highest BCUT2D eigenvalue weighted by molar-refractivity contribution is 9.10. The van der Waals surface area contributed by atoms with Crippen molar-refractivity contribution in [3.05, 3.63) is 34.3 Å². The summed E-state index contributed by atoms with van der Waals surface area (Å²) in [7, 11) is 1.48. The van der Waals surface area contributed by atoms with Gasteiger partial charge in [0.15, 0.2) is 0 Å². The fourth-order valence-electron chi connectivity index (χ4n) is 1.21. The Kier molecular flexibility index (Phi) is 3.93. The van der Waals surface area contributed by atoms with E-state index in [1.165, 1.54) is 25.8 Å². The van der Waals surface area contributed by atoms with E-state index in [2.05, 4.69) is 15.9 Å². The van der Waals surface area contributed by atoms with Gasteiger partial charge in [-0.1, -0.05) is 12.1 Å². The molecule has 0 aliphatic carbocycles. The van der Waals surface area contributed by atoms with E-state index in [0.29, 0.717) is 10.0 Å². The summed E-state index contributed by atoms with van der Waals surface area (Å²) in [4.78, 5) is 24.4. The predicted molar refractivity (Wildman–Crippen MR) is 68.0 cm³/mol. The molecule has 0 radical (unpaired) electrons. The molecule has 1 aromatic rings. The van der Waals surface area contributed by atoms with Crippen molar-refractivity contribution in [2.24, 2.45) is 0 Å². The lowest BCUT2D eigenvalue weighted by molar-refractivity contribution is -0.147. The number of carboxylic acids is 1. The third kappa shape index (κ3) is 2.66. The van der Waals surface area contributed by atoms with Gasteiger partial charge in [-0.2, -0.15) is 0 Å². The van der Waals surface area contributed by atoms with Gasteiger partial charge >= 0.3 is 5.97 Å². The van der Waals surface area contributed by atoms with Crippen LogP contribution >= 0.6 is 15.9 Å². The number of aliphatic carboxylic acids is 1. The van der Waals surface area contributed by atoms with Crippen molar-refractivity contribution in [2.75, 3.05) is 7.05 Å². The molecule has 17 heavy (non-hydrogen) atoms. The highest BCUT2D eigenvalue weighted by Crippen LogP contribution is 2.21. The van der Waals surface area contributed by atoms with Gasteiger partial charge in [-0.25, -0.2) is 4.79 Å². The zero-order chi connectivity index (χ0) is 13.2. The molecule has 0 saturated carbocycles. The van der Waals surface area contributed by atoms with E-state index >= 15 is 0 Å². The molecule has 0 atom stereocenters. The van der Waals surface area contributed by atoms with Gasteiger partial charge in [0.2, 0.25) is 0 Å². The van der Waals surface area contributed by atoms with Crippen molar-refractivity contribution in [3.63, 3.8) is 0 Å². The minimum absolute atomic E-state index is 0.329. The van der Waals surface area contributed by atoms with Gasteiger partial charge in [-0.15, -0.1) is 0 Å². The maximum atomic E-state index is 12.1. The molecule has 5 heteroatoms. The number of carboxylic acid groups (broad SMARTS) is 1. The van der Waals surface area contributed by atoms with Crippen LogP contribution in [-0.4, -0.2) is 34.5 Å². The SMILES string of the molecule is CN(C(=O)c1ccccc1Br)C(C)(C)C(=O)O. The number of likely N-dealkylation sites (N-methyl/N-ethyl adjacent to an activating group) is 1. The summed E-state index contributed by atoms with van der Waals surface area (Å²) in [5.41, 5.74) is -0.795. The van der Waals surface area contributed by atoms with Gasteiger partial charge in [-0.05, 0) is 41.9 Å². The van der Waals surface area contributed by atoms with Crippen LogP contribution in [0, 0.1) is 0 Å². The normalized spacial score (nSPS) is 11.1. The number of carbonyl (C=O) groups is 2. The molecule has 0 aromatic heterocycles. The summed E-state index contributed by atoms with van der Waals surface area (Å²) in [5, 5.41) is 9.07. The summed E-state index contributed by atoms with van der Waals surface area (Å²) in [5.74, 6) is -1.37. The maximum Gasteiger partial charge on any atom is 0.329 e. The number of rotatable bonds is 3. The van der Waals surface area contributed by atoms with Crippen LogP contribution in [0.3, 0.4) is 0 Å². The lowest BCUT2D eigenvalue weighted by Gasteiger charge is -2.31. The van der Waals surface area contributed by atoms with Crippen molar-refractivity contribution in [2.45, 2.75) is 19.4 Å². The maximum absolute atomic E-state index is 12.1. The molecule has 1 rings (SSSR count). The standard InChI is InChI=1S/C12H14BrNO3/c1-12(2,11(16)17)14(3)10(15)8-6-4-5-7-9(8)13/h4-7H,1-3H3,(H,16,17). The van der Waals surface area contributed by atoms with Crippen molar-refractivity contribution in [1.82, 2.24) is 4.90 Å². The molecule has 92 valence electrons. The molecule has 0 unspecified atom stereocenters. The quantitative estimate of drug-likeness (QED) is 0.932. The zero-order valence-corrected chi connectivity index (χ0v) is 11.5. The smallest absolute Gasteiger partial charge is 0.329 e. The summed E-state index contributed by atoms with van der Waals surface area (Å²) in [6, 6.07) is 6.93. The van der Waals surface area contributed by atoms with Crippen LogP contribution in [0.1, 0.15) is 24.2 Å². The molecule has 1 aromatic carbocycles. The molecular formula is C12H14BrNO3. The van der Waals surface area contributed by atoms with Crippen LogP contribution in [0.15, 0.2) is 28.7 Å². The van der Waals surface area contributed by atoms with E-state index in [1.54, 1.807) is 24.3 Å². The number of amides is 1. The van der Waals surface area contributed by atoms with Gasteiger partial charge in [0.05, 0.1) is 5.56 Å². The van der Waals surface area contributed by atoms with Gasteiger partial charge < -0.3 is 10.0 Å². The minimum atomic E-state index is -1.24. The minimum Gasteiger partial charge on any atom is -0.480 e. The van der Waals surface area contributed by atoms with Crippen molar-refractivity contribution in [3.8, 4) is 0 Å². The van der Waals surface area contributed by atoms with E-state index in [-0.39, 0.29) is 5.91 Å². The summed E-state index contributed by atoms with van der Waals surface area (Å²) in [6.45, 7) is 2.98. The summed E-state index contributed by atoms with van der Waals surface area (Å²) >= 11 is 3.27. The Bertz CT molecular complexity index is 457. The van der Waals surface area contributed by atoms with Crippen LogP contribution in [-0.2, 0) is 4.79 Å². The molecule has 0 aliphatic rings. The molecule has 0 saturated heterocycles. The second-order valence-corrected chi connectivity index (χ2v) is 5.06. The van der Waals surface area contributed by atoms with Crippen molar-refractivity contribution >= 4 is 27.8 Å². The fraction of sp³-hybridized carbons (Fsp3) is 0.333. The first-order valence-corrected chi connectivity index (χ1v) is 5.84. The Morgan fingerprint density at radius 1 is 1.29 bits per heavy atom. The number of halogens is 1. The lowest BCUT2D eigenvalue weighted by Crippen LogP contribution is -2.50. The van der Waals surface area contributed by atoms with Gasteiger partial charge in [0.25, 0.3) is 5.91 Å². The average Bonchev–Trinajstić information content (AvgIpc) is 2.27. The molecule has 1 amide bonds. The van der Waals surface area contributed by atoms with Crippen LogP contribution in [0.25, 0.3) is 0 Å². The van der Waals surface area contributed by atoms with Crippen LogP contribution in [0.5, 0.6) is 0 Å². The van der Waals surface area contributed by atoms with E-state index in [4.69, 9.17) is 5.11 Å². The highest BCUT2D eigenvalue weighted by atomic mass is 79.9. The van der Waals surface area contributed by atoms with E-state index in [1.807, 2.05) is 0 Å². The molecule has 1 N–H and O–H groups in total. The first-order chi connectivity index (χ1) is 7.78. The fourth-order valence-corrected chi connectivity index (χ4v) is 1.67. The predicted octanol–water partition coefficient (Wildman–Crippen LogP) is 2.38. The van der Waals surface area contributed by atoms with Crippen LogP contribution in [0.2, 0.25) is 0 Å². The van der Waals surface area contributed by atoms with Crippen LogP contribution < -0.4 is 0 Å². The summed E-state index contributed by atoms with van der Waals surface area (Å²) in [6.07, 6.45) is 0. The Morgan fingerprint density at radius 2 is 1.82 bits per heavy atom. The second-order valence-electron chi connectivity index (χ2n) is 4.21. The van der Waals surface area contributed by atoms with Crippen molar-refractivity contribution < 1.29 is 14.7 Å². The summed E-state index contributed by atoms with van der Waals surface area (Å²) < 4.78 is 0.651. The van der Waals surface area contributed by atoms with Gasteiger partial charge in [0, 0.05) is 11.5 Å². The molecule has 0 spiro atoms. The molecule has 4 nitrogen and oxygen atoms in total. The van der Waals surface area contributed by atoms with E-state index in [9.17, 15) is 9.59 Å². The third-order valence-corrected chi connectivity index (χ3v) is 3.46. The Hall–Kier alpha value is -1.36. The number of hydrogen-bond donors (Lipinski definition) is 1. The first-order valence-electron chi connectivity index (χ1n) is 5.04. The van der Waals surface area contributed by atoms with E-state index < -0.39 is 11.5 Å². The third-order valence-electron chi connectivity index (χ3n) is 2.77. The molecule has 0 bridgehead atoms. The number of nitrogens with zero attached hydrogens (tertiary/aromatic N) is 1. The van der Waals surface area contributed by atoms with Crippen molar-refractivity contribution in [1.29, 1.82) is 0 Å². The van der Waals surface area contributed by atoms with Gasteiger partial charge in [-0.3, -0.25) is 4.79 Å². The number of benzene rings is 1. The van der Waals surface area contributed by atoms with Gasteiger partial charge in [0.1, 0.15) is 5.54 Å². The molecule has 0 fully saturated rings. The number of carbonyl (C=O) groups excluding carboxylic acids is 1. The Balaban J connectivity index is 3.07. The average molecular weight is 300 g/mol. The topological polar surface area (TPSA) is 57.6 Å². The van der Waals surface area contributed by atoms with Crippen LogP contribution in [0.4, 0.5) is 0 Å².